The fraction of sp³-hybridized carbons (Fsp3) is 0.391. The third kappa shape index (κ3) is 3.08. The van der Waals surface area contributed by atoms with E-state index < -0.39 is 5.82 Å². The van der Waals surface area contributed by atoms with Gasteiger partial charge in [-0.3, -0.25) is 4.79 Å². The van der Waals surface area contributed by atoms with Crippen LogP contribution in [0.15, 0.2) is 48.9 Å². The number of piperidine rings is 1. The number of benzene rings is 1. The Labute approximate surface area is 179 Å². The van der Waals surface area contributed by atoms with E-state index in [1.807, 2.05) is 30.0 Å². The molecule has 3 unspecified atom stereocenters. The zero-order valence-electron chi connectivity index (χ0n) is 17.5. The summed E-state index contributed by atoms with van der Waals surface area (Å²) in [4.78, 5) is 21.3. The SMILES string of the molecule is CCC1C2CCC2(COc2ccc(F)cn2)N1C(=O)c1cc(C)ccc1-n1nccn1. The number of rotatable bonds is 6. The Kier molecular flexibility index (Phi) is 4.72. The number of ether oxygens (including phenoxy) is 1. The van der Waals surface area contributed by atoms with Crippen molar-refractivity contribution in [1.82, 2.24) is 24.9 Å². The number of likely N-dealkylation sites (tertiary alicyclic amines) is 1. The molecule has 1 saturated heterocycles. The molecular weight excluding hydrogens is 397 g/mol. The Morgan fingerprint density at radius 1 is 1.26 bits per heavy atom. The summed E-state index contributed by atoms with van der Waals surface area (Å²) in [5.41, 5.74) is 1.89. The van der Waals surface area contributed by atoms with E-state index in [9.17, 15) is 9.18 Å². The number of fused-ring (bicyclic) bond motifs is 1. The molecule has 7 nitrogen and oxygen atoms in total. The predicted molar refractivity (Wildman–Crippen MR) is 111 cm³/mol. The predicted octanol–water partition coefficient (Wildman–Crippen LogP) is 3.57. The smallest absolute Gasteiger partial charge is 0.256 e. The van der Waals surface area contributed by atoms with E-state index in [0.717, 1.165) is 31.0 Å². The van der Waals surface area contributed by atoms with Crippen LogP contribution >= 0.6 is 0 Å². The highest BCUT2D eigenvalue weighted by Gasteiger charge is 2.67. The molecule has 3 aromatic rings. The van der Waals surface area contributed by atoms with Gasteiger partial charge in [0.1, 0.15) is 12.4 Å². The maximum Gasteiger partial charge on any atom is 0.256 e. The normalized spacial score (nSPS) is 24.2. The number of carbonyl (C=O) groups excluding carboxylic acids is 1. The van der Waals surface area contributed by atoms with Crippen molar-refractivity contribution in [2.75, 3.05) is 6.61 Å². The molecule has 5 rings (SSSR count). The van der Waals surface area contributed by atoms with E-state index in [1.165, 1.54) is 16.9 Å². The van der Waals surface area contributed by atoms with Gasteiger partial charge in [0.15, 0.2) is 0 Å². The summed E-state index contributed by atoms with van der Waals surface area (Å²) >= 11 is 0. The lowest BCUT2D eigenvalue weighted by Crippen LogP contribution is -2.81. The summed E-state index contributed by atoms with van der Waals surface area (Å²) in [5, 5.41) is 8.44. The van der Waals surface area contributed by atoms with E-state index in [4.69, 9.17) is 4.74 Å². The molecule has 8 heteroatoms. The lowest BCUT2D eigenvalue weighted by Gasteiger charge is -2.70. The summed E-state index contributed by atoms with van der Waals surface area (Å²) in [5.74, 6) is 0.330. The lowest BCUT2D eigenvalue weighted by molar-refractivity contribution is -0.190. The summed E-state index contributed by atoms with van der Waals surface area (Å²) in [7, 11) is 0. The Morgan fingerprint density at radius 2 is 2.06 bits per heavy atom. The van der Waals surface area contributed by atoms with Crippen molar-refractivity contribution in [1.29, 1.82) is 0 Å². The summed E-state index contributed by atoms with van der Waals surface area (Å²) < 4.78 is 19.1. The molecule has 1 aromatic carbocycles. The topological polar surface area (TPSA) is 73.1 Å². The second-order valence-corrected chi connectivity index (χ2v) is 8.34. The molecule has 0 spiro atoms. The first kappa shape index (κ1) is 19.7. The summed E-state index contributed by atoms with van der Waals surface area (Å²) in [6.45, 7) is 4.43. The van der Waals surface area contributed by atoms with Gasteiger partial charge < -0.3 is 9.64 Å². The molecule has 1 aliphatic heterocycles. The minimum Gasteiger partial charge on any atom is -0.475 e. The molecule has 1 aliphatic carbocycles. The number of halogens is 1. The Balaban J connectivity index is 1.46. The minimum absolute atomic E-state index is 0.0329. The van der Waals surface area contributed by atoms with E-state index in [-0.39, 0.29) is 17.5 Å². The van der Waals surface area contributed by atoms with Crippen molar-refractivity contribution in [3.63, 3.8) is 0 Å². The van der Waals surface area contributed by atoms with Crippen LogP contribution in [0.4, 0.5) is 4.39 Å². The van der Waals surface area contributed by atoms with Crippen LogP contribution in [0.3, 0.4) is 0 Å². The molecule has 0 bridgehead atoms. The Bertz CT molecular complexity index is 1100. The van der Waals surface area contributed by atoms with Crippen LogP contribution in [0.1, 0.15) is 42.1 Å². The van der Waals surface area contributed by atoms with Crippen LogP contribution in [-0.4, -0.2) is 49.0 Å². The van der Waals surface area contributed by atoms with Crippen LogP contribution in [-0.2, 0) is 0 Å². The Morgan fingerprint density at radius 3 is 2.71 bits per heavy atom. The highest BCUT2D eigenvalue weighted by atomic mass is 19.1. The first-order valence-electron chi connectivity index (χ1n) is 10.6. The maximum absolute atomic E-state index is 13.9. The zero-order chi connectivity index (χ0) is 21.6. The van der Waals surface area contributed by atoms with Gasteiger partial charge >= 0.3 is 0 Å². The van der Waals surface area contributed by atoms with Crippen LogP contribution in [0, 0.1) is 18.7 Å². The highest BCUT2D eigenvalue weighted by molar-refractivity contribution is 5.99. The fourth-order valence-corrected chi connectivity index (χ4v) is 5.10. The van der Waals surface area contributed by atoms with Crippen LogP contribution < -0.4 is 4.74 Å². The first-order valence-corrected chi connectivity index (χ1v) is 10.6. The quantitative estimate of drug-likeness (QED) is 0.608. The molecule has 0 N–H and O–H groups in total. The maximum atomic E-state index is 13.9. The molecule has 3 atom stereocenters. The van der Waals surface area contributed by atoms with Gasteiger partial charge in [-0.1, -0.05) is 18.6 Å². The van der Waals surface area contributed by atoms with Crippen molar-refractivity contribution < 1.29 is 13.9 Å². The number of carbonyl (C=O) groups is 1. The fourth-order valence-electron chi connectivity index (χ4n) is 5.10. The van der Waals surface area contributed by atoms with Gasteiger partial charge in [0.25, 0.3) is 5.91 Å². The summed E-state index contributed by atoms with van der Waals surface area (Å²) in [6.07, 6.45) is 7.17. The van der Waals surface area contributed by atoms with Crippen molar-refractivity contribution >= 4 is 5.91 Å². The average Bonchev–Trinajstić information content (AvgIpc) is 3.29. The van der Waals surface area contributed by atoms with E-state index in [1.54, 1.807) is 12.4 Å². The molecule has 1 amide bonds. The molecular formula is C23H24FN5O2. The molecule has 0 radical (unpaired) electrons. The molecule has 2 aromatic heterocycles. The van der Waals surface area contributed by atoms with Gasteiger partial charge in [-0.2, -0.15) is 15.0 Å². The van der Waals surface area contributed by atoms with Gasteiger partial charge in [0.05, 0.1) is 35.4 Å². The van der Waals surface area contributed by atoms with Crippen molar-refractivity contribution in [3.05, 3.63) is 65.9 Å². The number of aryl methyl sites for hydroxylation is 1. The van der Waals surface area contributed by atoms with E-state index in [2.05, 4.69) is 22.1 Å². The number of aromatic nitrogens is 4. The average molecular weight is 421 g/mol. The van der Waals surface area contributed by atoms with Crippen molar-refractivity contribution in [2.24, 2.45) is 5.92 Å². The number of pyridine rings is 1. The lowest BCUT2D eigenvalue weighted by atomic mass is 9.54. The molecule has 1 saturated carbocycles. The van der Waals surface area contributed by atoms with Gasteiger partial charge in [-0.05, 0) is 44.4 Å². The van der Waals surface area contributed by atoms with Crippen LogP contribution in [0.25, 0.3) is 5.69 Å². The van der Waals surface area contributed by atoms with Crippen molar-refractivity contribution in [2.45, 2.75) is 44.7 Å². The van der Waals surface area contributed by atoms with Gasteiger partial charge in [0.2, 0.25) is 5.88 Å². The molecule has 2 aliphatic rings. The van der Waals surface area contributed by atoms with E-state index in [0.29, 0.717) is 29.7 Å². The highest BCUT2D eigenvalue weighted by Crippen LogP contribution is 2.58. The number of hydrogen-bond acceptors (Lipinski definition) is 5. The summed E-state index contributed by atoms with van der Waals surface area (Å²) in [6, 6.07) is 8.75. The Hall–Kier alpha value is -3.29. The van der Waals surface area contributed by atoms with Crippen LogP contribution in [0.2, 0.25) is 0 Å². The van der Waals surface area contributed by atoms with Crippen LogP contribution in [0.5, 0.6) is 5.88 Å². The van der Waals surface area contributed by atoms with Gasteiger partial charge in [-0.25, -0.2) is 9.37 Å². The number of hydrogen-bond donors (Lipinski definition) is 0. The molecule has 3 heterocycles. The third-order valence-electron chi connectivity index (χ3n) is 6.68. The van der Waals surface area contributed by atoms with Gasteiger partial charge in [0, 0.05) is 18.0 Å². The van der Waals surface area contributed by atoms with Crippen molar-refractivity contribution in [3.8, 4) is 11.6 Å². The second kappa shape index (κ2) is 7.44. The van der Waals surface area contributed by atoms with Gasteiger partial charge in [-0.15, -0.1) is 0 Å². The molecule has 160 valence electrons. The monoisotopic (exact) mass is 421 g/mol. The molecule has 2 fully saturated rings. The number of nitrogens with zero attached hydrogens (tertiary/aromatic N) is 5. The minimum atomic E-state index is -0.405. The first-order chi connectivity index (χ1) is 15.0. The zero-order valence-corrected chi connectivity index (χ0v) is 17.5. The number of amides is 1. The second-order valence-electron chi connectivity index (χ2n) is 8.34. The standard InChI is InChI=1S/C23H24FN5O2/c1-3-19-18-8-9-23(18,14-31-21-7-5-16(24)13-25-21)28(19)22(30)17-12-15(2)4-6-20(17)29-26-10-11-27-29/h4-7,10-13,18-19H,3,8-9,14H2,1-2H3. The molecule has 31 heavy (non-hydrogen) atoms. The third-order valence-corrected chi connectivity index (χ3v) is 6.68. The largest absolute Gasteiger partial charge is 0.475 e. The van der Waals surface area contributed by atoms with E-state index >= 15 is 0 Å².